The van der Waals surface area contributed by atoms with Crippen LogP contribution >= 0.6 is 24.4 Å². The highest BCUT2D eigenvalue weighted by molar-refractivity contribution is 7.74. The Morgan fingerprint density at radius 2 is 1.63 bits per heavy atom. The van der Waals surface area contributed by atoms with E-state index in [1.165, 1.54) is 24.2 Å². The molecule has 108 valence electrons. The van der Waals surface area contributed by atoms with Gasteiger partial charge in [0.15, 0.2) is 0 Å². The maximum absolute atomic E-state index is 5.39. The summed E-state index contributed by atoms with van der Waals surface area (Å²) in [6.07, 6.45) is 2.38. The van der Waals surface area contributed by atoms with E-state index in [0.717, 1.165) is 28.5 Å². The molecule has 0 aliphatic rings. The molecule has 0 atom stereocenters. The van der Waals surface area contributed by atoms with E-state index in [0.29, 0.717) is 5.92 Å². The Morgan fingerprint density at radius 1 is 1.00 bits per heavy atom. The van der Waals surface area contributed by atoms with Crippen LogP contribution in [0.15, 0.2) is 0 Å². The van der Waals surface area contributed by atoms with Crippen LogP contribution in [0.25, 0.3) is 0 Å². The van der Waals surface area contributed by atoms with Gasteiger partial charge in [0.1, 0.15) is 0 Å². The molecule has 0 saturated carbocycles. The zero-order chi connectivity index (χ0) is 14.6. The first kappa shape index (κ1) is 16.7. The molecule has 0 aromatic heterocycles. The predicted octanol–water partition coefficient (Wildman–Crippen LogP) is 4.31. The first-order valence-corrected chi connectivity index (χ1v) is 7.94. The molecule has 0 fully saturated rings. The minimum atomic E-state index is 0.472. The van der Waals surface area contributed by atoms with Gasteiger partial charge >= 0.3 is 0 Å². The average Bonchev–Trinajstić information content (AvgIpc) is 2.34. The first-order valence-electron chi connectivity index (χ1n) is 7.13. The van der Waals surface area contributed by atoms with Crippen LogP contribution in [0.5, 0.6) is 0 Å². The van der Waals surface area contributed by atoms with Crippen LogP contribution in [0, 0.1) is 9.02 Å². The van der Waals surface area contributed by atoms with Gasteiger partial charge in [-0.25, -0.2) is 0 Å². The fourth-order valence-electron chi connectivity index (χ4n) is 2.49. The molecular formula is C15H26N2S2. The molecule has 4 heteroatoms. The van der Waals surface area contributed by atoms with Crippen molar-refractivity contribution in [2.75, 3.05) is 38.6 Å². The van der Waals surface area contributed by atoms with Crippen LogP contribution in [0.1, 0.15) is 45.1 Å². The quantitative estimate of drug-likeness (QED) is 0.659. The lowest BCUT2D eigenvalue weighted by Gasteiger charge is -2.28. The van der Waals surface area contributed by atoms with Gasteiger partial charge in [0.25, 0.3) is 0 Å². The summed E-state index contributed by atoms with van der Waals surface area (Å²) in [6.45, 7) is 9.95. The molecule has 0 N–H and O–H groups in total. The molecule has 0 saturated heterocycles. The first-order chi connectivity index (χ1) is 8.90. The maximum atomic E-state index is 5.39. The molecule has 2 nitrogen and oxygen atoms in total. The summed E-state index contributed by atoms with van der Waals surface area (Å²) in [5.74, 6) is 0.472. The van der Waals surface area contributed by atoms with Gasteiger partial charge in [-0.05, 0) is 44.5 Å². The Hall–Kier alpha value is -0.320. The number of hydrogen-bond acceptors (Lipinski definition) is 4. The van der Waals surface area contributed by atoms with Crippen molar-refractivity contribution in [1.29, 1.82) is 0 Å². The predicted molar refractivity (Wildman–Crippen MR) is 90.2 cm³/mol. The van der Waals surface area contributed by atoms with Crippen molar-refractivity contribution < 1.29 is 0 Å². The minimum absolute atomic E-state index is 0.472. The van der Waals surface area contributed by atoms with E-state index in [1.807, 2.05) is 0 Å². The molecule has 0 radical (unpaired) electrons. The molecule has 1 aromatic rings. The van der Waals surface area contributed by atoms with Crippen LogP contribution in [0.3, 0.4) is 0 Å². The molecule has 0 aliphatic heterocycles. The third-order valence-corrected chi connectivity index (χ3v) is 4.47. The summed E-state index contributed by atoms with van der Waals surface area (Å²) in [7, 11) is 4.32. The van der Waals surface area contributed by atoms with Crippen LogP contribution < -0.4 is 4.90 Å². The standard InChI is InChI=1S/C15H26N2S2/c1-6-8-16(4)9-7-10-17(5)13-12(11(2)3)14(18)15(13)19/h11H,6-10H2,1-5H3. The molecule has 0 aliphatic carbocycles. The van der Waals surface area contributed by atoms with Crippen molar-refractivity contribution >= 4 is 30.1 Å². The number of rotatable bonds is 8. The molecule has 0 bridgehead atoms. The van der Waals surface area contributed by atoms with E-state index < -0.39 is 0 Å². The number of anilines is 1. The van der Waals surface area contributed by atoms with Crippen LogP contribution in [0.2, 0.25) is 0 Å². The third-order valence-electron chi connectivity index (χ3n) is 3.52. The highest BCUT2D eigenvalue weighted by Crippen LogP contribution is 2.35. The second-order valence-electron chi connectivity index (χ2n) is 5.65. The van der Waals surface area contributed by atoms with Crippen molar-refractivity contribution in [2.24, 2.45) is 0 Å². The van der Waals surface area contributed by atoms with Crippen molar-refractivity contribution in [1.82, 2.24) is 4.90 Å². The Balaban J connectivity index is 2.55. The molecule has 19 heavy (non-hydrogen) atoms. The van der Waals surface area contributed by atoms with Gasteiger partial charge in [0.2, 0.25) is 0 Å². The summed E-state index contributed by atoms with van der Waals surface area (Å²) in [5.41, 5.74) is 2.50. The van der Waals surface area contributed by atoms with E-state index in [1.54, 1.807) is 0 Å². The summed E-state index contributed by atoms with van der Waals surface area (Å²) in [5, 5.41) is 0. The minimum Gasteiger partial charge on any atom is -0.373 e. The van der Waals surface area contributed by atoms with Gasteiger partial charge in [-0.3, -0.25) is 0 Å². The highest BCUT2D eigenvalue weighted by atomic mass is 32.1. The lowest BCUT2D eigenvalue weighted by molar-refractivity contribution is 0.331. The molecular weight excluding hydrogens is 272 g/mol. The van der Waals surface area contributed by atoms with Crippen molar-refractivity contribution in [2.45, 2.75) is 39.5 Å². The Kier molecular flexibility index (Phi) is 6.57. The summed E-state index contributed by atoms with van der Waals surface area (Å²) < 4.78 is 1.80. The normalized spacial score (nSPS) is 11.7. The summed E-state index contributed by atoms with van der Waals surface area (Å²) >= 11 is 10.7. The summed E-state index contributed by atoms with van der Waals surface area (Å²) in [6, 6.07) is 0. The maximum Gasteiger partial charge on any atom is 0.0798 e. The van der Waals surface area contributed by atoms with Crippen LogP contribution in [-0.2, 0) is 0 Å². The van der Waals surface area contributed by atoms with E-state index in [9.17, 15) is 0 Å². The van der Waals surface area contributed by atoms with Gasteiger partial charge in [-0.2, -0.15) is 0 Å². The van der Waals surface area contributed by atoms with E-state index in [-0.39, 0.29) is 0 Å². The monoisotopic (exact) mass is 298 g/mol. The number of hydrogen-bond donors (Lipinski definition) is 0. The Bertz CT molecular complexity index is 473. The lowest BCUT2D eigenvalue weighted by Crippen LogP contribution is -2.27. The fourth-order valence-corrected chi connectivity index (χ4v) is 3.30. The second-order valence-corrected chi connectivity index (χ2v) is 6.47. The van der Waals surface area contributed by atoms with Crippen molar-refractivity contribution in [3.63, 3.8) is 0 Å². The molecule has 1 rings (SSSR count). The van der Waals surface area contributed by atoms with E-state index in [4.69, 9.17) is 24.4 Å². The van der Waals surface area contributed by atoms with Gasteiger partial charge in [-0.1, -0.05) is 45.2 Å². The topological polar surface area (TPSA) is 6.48 Å². The fraction of sp³-hybridized carbons (Fsp3) is 0.733. The van der Waals surface area contributed by atoms with Crippen molar-refractivity contribution in [3.05, 3.63) is 14.6 Å². The molecule has 0 amide bonds. The SMILES string of the molecule is CCCN(C)CCCN(C)c1c(C(C)C)c(=S)c1=S. The molecule has 1 aromatic carbocycles. The number of nitrogens with zero attached hydrogens (tertiary/aromatic N) is 2. The molecule has 0 spiro atoms. The largest absolute Gasteiger partial charge is 0.373 e. The Morgan fingerprint density at radius 3 is 2.16 bits per heavy atom. The van der Waals surface area contributed by atoms with Crippen LogP contribution in [0.4, 0.5) is 5.69 Å². The highest BCUT2D eigenvalue weighted by Gasteiger charge is 2.20. The van der Waals surface area contributed by atoms with Crippen LogP contribution in [-0.4, -0.2) is 38.6 Å². The lowest BCUT2D eigenvalue weighted by atomic mass is 9.96. The van der Waals surface area contributed by atoms with E-state index in [2.05, 4.69) is 44.7 Å². The average molecular weight is 299 g/mol. The van der Waals surface area contributed by atoms with Gasteiger partial charge in [0, 0.05) is 13.6 Å². The second kappa shape index (κ2) is 7.46. The smallest absolute Gasteiger partial charge is 0.0798 e. The zero-order valence-electron chi connectivity index (χ0n) is 12.8. The molecule has 0 heterocycles. The Labute approximate surface area is 128 Å². The zero-order valence-corrected chi connectivity index (χ0v) is 14.5. The van der Waals surface area contributed by atoms with E-state index >= 15 is 0 Å². The van der Waals surface area contributed by atoms with Gasteiger partial charge < -0.3 is 9.80 Å². The third kappa shape index (κ3) is 4.07. The van der Waals surface area contributed by atoms with Gasteiger partial charge in [0.05, 0.1) is 14.7 Å². The van der Waals surface area contributed by atoms with Crippen molar-refractivity contribution in [3.8, 4) is 0 Å². The summed E-state index contributed by atoms with van der Waals surface area (Å²) in [4.78, 5) is 4.67. The van der Waals surface area contributed by atoms with Gasteiger partial charge in [-0.15, -0.1) is 0 Å². The molecule has 0 unspecified atom stereocenters.